The van der Waals surface area contributed by atoms with Gasteiger partial charge in [0.15, 0.2) is 0 Å². The number of amides is 1. The molecule has 1 N–H and O–H groups in total. The van der Waals surface area contributed by atoms with Crippen LogP contribution in [-0.4, -0.2) is 37.8 Å². The van der Waals surface area contributed by atoms with E-state index in [2.05, 4.69) is 17.4 Å². The Bertz CT molecular complexity index is 896. The summed E-state index contributed by atoms with van der Waals surface area (Å²) in [5, 5.41) is 4.10. The molecule has 1 heterocycles. The minimum Gasteiger partial charge on any atom is -0.355 e. The van der Waals surface area contributed by atoms with E-state index in [0.717, 1.165) is 18.4 Å². The van der Waals surface area contributed by atoms with Crippen LogP contribution in [0.25, 0.3) is 6.08 Å². The summed E-state index contributed by atoms with van der Waals surface area (Å²) in [6.07, 6.45) is 4.53. The van der Waals surface area contributed by atoms with Gasteiger partial charge in [-0.3, -0.25) is 4.79 Å². The number of sulfonamides is 1. The van der Waals surface area contributed by atoms with E-state index in [1.54, 1.807) is 6.08 Å². The van der Waals surface area contributed by atoms with Crippen molar-refractivity contribution in [2.45, 2.75) is 31.7 Å². The zero-order valence-electron chi connectivity index (χ0n) is 15.8. The number of carbonyl (C=O) groups is 1. The van der Waals surface area contributed by atoms with Gasteiger partial charge in [0.25, 0.3) is 0 Å². The number of carbonyl (C=O) groups excluding carboxylic acids is 1. The molecule has 1 fully saturated rings. The van der Waals surface area contributed by atoms with Crippen molar-refractivity contribution in [1.82, 2.24) is 9.62 Å². The Morgan fingerprint density at radius 1 is 1.07 bits per heavy atom. The third kappa shape index (κ3) is 5.53. The van der Waals surface area contributed by atoms with Crippen molar-refractivity contribution < 1.29 is 13.2 Å². The normalized spacial score (nSPS) is 17.8. The number of hydrogen-bond acceptors (Lipinski definition) is 3. The minimum absolute atomic E-state index is 0.206. The molecule has 0 spiro atoms. The number of nitrogens with one attached hydrogen (secondary N) is 1. The zero-order chi connectivity index (χ0) is 19.8. The molecule has 0 aliphatic carbocycles. The van der Waals surface area contributed by atoms with E-state index in [1.165, 1.54) is 15.3 Å². The summed E-state index contributed by atoms with van der Waals surface area (Å²) >= 11 is 0. The summed E-state index contributed by atoms with van der Waals surface area (Å²) < 4.78 is 26.7. The molecule has 1 aliphatic rings. The lowest BCUT2D eigenvalue weighted by molar-refractivity contribution is -0.124. The van der Waals surface area contributed by atoms with Gasteiger partial charge in [0.2, 0.25) is 15.9 Å². The summed E-state index contributed by atoms with van der Waals surface area (Å²) in [6, 6.07) is 18.7. The maximum atomic E-state index is 12.7. The summed E-state index contributed by atoms with van der Waals surface area (Å²) in [7, 11) is -3.63. The maximum absolute atomic E-state index is 12.7. The third-order valence-electron chi connectivity index (χ3n) is 4.85. The molecule has 1 amide bonds. The first kappa shape index (κ1) is 20.3. The van der Waals surface area contributed by atoms with Crippen molar-refractivity contribution in [2.24, 2.45) is 0 Å². The van der Waals surface area contributed by atoms with Crippen LogP contribution in [0.2, 0.25) is 0 Å². The Balaban J connectivity index is 1.54. The Morgan fingerprint density at radius 3 is 2.46 bits per heavy atom. The van der Waals surface area contributed by atoms with E-state index in [-0.39, 0.29) is 5.91 Å². The fraction of sp³-hybridized carbons (Fsp3) is 0.318. The zero-order valence-corrected chi connectivity index (χ0v) is 16.6. The van der Waals surface area contributed by atoms with Gasteiger partial charge in [-0.1, -0.05) is 60.7 Å². The van der Waals surface area contributed by atoms with Gasteiger partial charge in [0.1, 0.15) is 6.04 Å². The standard InChI is InChI=1S/C22H26N2O3S/c25-22(23-16-7-13-19-9-3-1-4-10-19)21-14-8-17-24(21)28(26,27)18-15-20-11-5-2-6-12-20/h1-6,9-12,15,18,21H,7-8,13-14,16-17H2,(H,23,25)/b18-15+/t21-/m0/s1. The third-order valence-corrected chi connectivity index (χ3v) is 6.42. The van der Waals surface area contributed by atoms with E-state index in [1.807, 2.05) is 48.5 Å². The molecule has 0 saturated carbocycles. The van der Waals surface area contributed by atoms with E-state index in [9.17, 15) is 13.2 Å². The molecule has 5 nitrogen and oxygen atoms in total. The number of benzene rings is 2. The molecule has 0 bridgehead atoms. The molecule has 6 heteroatoms. The van der Waals surface area contributed by atoms with E-state index < -0.39 is 16.1 Å². The first-order valence-electron chi connectivity index (χ1n) is 9.63. The van der Waals surface area contributed by atoms with Gasteiger partial charge in [0, 0.05) is 18.5 Å². The Morgan fingerprint density at radius 2 is 1.75 bits per heavy atom. The van der Waals surface area contributed by atoms with Crippen molar-refractivity contribution in [3.63, 3.8) is 0 Å². The molecule has 2 aromatic rings. The highest BCUT2D eigenvalue weighted by atomic mass is 32.2. The van der Waals surface area contributed by atoms with Crippen molar-refractivity contribution in [1.29, 1.82) is 0 Å². The number of nitrogens with zero attached hydrogens (tertiary/aromatic N) is 1. The van der Waals surface area contributed by atoms with Gasteiger partial charge >= 0.3 is 0 Å². The second-order valence-electron chi connectivity index (χ2n) is 6.91. The molecule has 1 atom stereocenters. The monoisotopic (exact) mass is 398 g/mol. The molecule has 1 saturated heterocycles. The predicted octanol–water partition coefficient (Wildman–Crippen LogP) is 3.20. The average molecular weight is 399 g/mol. The highest BCUT2D eigenvalue weighted by molar-refractivity contribution is 7.92. The van der Waals surface area contributed by atoms with Gasteiger partial charge in [-0.25, -0.2) is 8.42 Å². The summed E-state index contributed by atoms with van der Waals surface area (Å²) in [6.45, 7) is 0.918. The van der Waals surface area contributed by atoms with Crippen LogP contribution >= 0.6 is 0 Å². The van der Waals surface area contributed by atoms with Crippen LogP contribution in [0.4, 0.5) is 0 Å². The quantitative estimate of drug-likeness (QED) is 0.695. The van der Waals surface area contributed by atoms with Crippen LogP contribution in [0.5, 0.6) is 0 Å². The number of rotatable bonds is 8. The highest BCUT2D eigenvalue weighted by Crippen LogP contribution is 2.22. The summed E-state index contributed by atoms with van der Waals surface area (Å²) in [5.41, 5.74) is 2.04. The molecule has 3 rings (SSSR count). The van der Waals surface area contributed by atoms with Gasteiger partial charge < -0.3 is 5.32 Å². The summed E-state index contributed by atoms with van der Waals surface area (Å²) in [5.74, 6) is -0.206. The van der Waals surface area contributed by atoms with Crippen LogP contribution < -0.4 is 5.32 Å². The molecule has 0 aromatic heterocycles. The van der Waals surface area contributed by atoms with Crippen molar-refractivity contribution in [3.05, 3.63) is 77.2 Å². The number of hydrogen-bond donors (Lipinski definition) is 1. The highest BCUT2D eigenvalue weighted by Gasteiger charge is 2.37. The fourth-order valence-electron chi connectivity index (χ4n) is 3.38. The lowest BCUT2D eigenvalue weighted by Crippen LogP contribution is -2.45. The van der Waals surface area contributed by atoms with Gasteiger partial charge in [0.05, 0.1) is 0 Å². The lowest BCUT2D eigenvalue weighted by Gasteiger charge is -2.21. The van der Waals surface area contributed by atoms with Gasteiger partial charge in [-0.2, -0.15) is 4.31 Å². The van der Waals surface area contributed by atoms with Gasteiger partial charge in [-0.05, 0) is 42.9 Å². The summed E-state index contributed by atoms with van der Waals surface area (Å²) in [4.78, 5) is 12.5. The van der Waals surface area contributed by atoms with Crippen LogP contribution in [-0.2, 0) is 21.2 Å². The molecule has 148 valence electrons. The van der Waals surface area contributed by atoms with E-state index >= 15 is 0 Å². The average Bonchev–Trinajstić information content (AvgIpc) is 3.22. The molecular formula is C22H26N2O3S. The Hall–Kier alpha value is -2.44. The van der Waals surface area contributed by atoms with Crippen LogP contribution in [0.15, 0.2) is 66.1 Å². The van der Waals surface area contributed by atoms with Crippen molar-refractivity contribution in [2.75, 3.05) is 13.1 Å². The van der Waals surface area contributed by atoms with E-state index in [0.29, 0.717) is 25.9 Å². The van der Waals surface area contributed by atoms with Crippen LogP contribution in [0.3, 0.4) is 0 Å². The molecule has 0 unspecified atom stereocenters. The predicted molar refractivity (Wildman–Crippen MR) is 112 cm³/mol. The minimum atomic E-state index is -3.63. The molecule has 2 aromatic carbocycles. The largest absolute Gasteiger partial charge is 0.355 e. The Labute approximate surface area is 167 Å². The SMILES string of the molecule is O=C(NCCCc1ccccc1)[C@@H]1CCCN1S(=O)(=O)/C=C/c1ccccc1. The van der Waals surface area contributed by atoms with Gasteiger partial charge in [-0.15, -0.1) is 0 Å². The molecule has 1 aliphatic heterocycles. The molecule has 0 radical (unpaired) electrons. The van der Waals surface area contributed by atoms with Crippen LogP contribution in [0, 0.1) is 0 Å². The molecule has 28 heavy (non-hydrogen) atoms. The fourth-order valence-corrected chi connectivity index (χ4v) is 4.81. The number of aryl methyl sites for hydroxylation is 1. The second kappa shape index (κ2) is 9.66. The lowest BCUT2D eigenvalue weighted by atomic mass is 10.1. The van der Waals surface area contributed by atoms with Crippen molar-refractivity contribution >= 4 is 22.0 Å². The first-order valence-corrected chi connectivity index (χ1v) is 11.1. The smallest absolute Gasteiger partial charge is 0.238 e. The maximum Gasteiger partial charge on any atom is 0.238 e. The molecular weight excluding hydrogens is 372 g/mol. The van der Waals surface area contributed by atoms with Crippen LogP contribution in [0.1, 0.15) is 30.4 Å². The second-order valence-corrected chi connectivity index (χ2v) is 8.68. The van der Waals surface area contributed by atoms with E-state index in [4.69, 9.17) is 0 Å². The Kier molecular flexibility index (Phi) is 7.01. The first-order chi connectivity index (χ1) is 13.6. The topological polar surface area (TPSA) is 66.5 Å². The van der Waals surface area contributed by atoms with Crippen molar-refractivity contribution in [3.8, 4) is 0 Å².